The molecule has 0 aliphatic carbocycles. The van der Waals surface area contributed by atoms with Gasteiger partial charge in [0.1, 0.15) is 5.82 Å². The maximum Gasteiger partial charge on any atom is 0.231 e. The first-order valence-electron chi connectivity index (χ1n) is 10.1. The Bertz CT molecular complexity index is 1010. The standard InChI is InChI=1S/C23H26N4O2/c1-3-27(4-2)14-13-24-23-18-7-5-6-8-19(18)25-22(26-23)12-10-17-9-11-20-21(15-17)29-16-28-20/h5-12,15H,3-4,13-14,16H2,1-2H3,(H,24,25,26)/b12-10+. The highest BCUT2D eigenvalue weighted by atomic mass is 16.7. The van der Waals surface area contributed by atoms with E-state index in [-0.39, 0.29) is 6.79 Å². The Labute approximate surface area is 171 Å². The molecule has 1 aliphatic heterocycles. The van der Waals surface area contributed by atoms with Crippen LogP contribution in [0.15, 0.2) is 42.5 Å². The molecule has 150 valence electrons. The fourth-order valence-electron chi connectivity index (χ4n) is 3.36. The second-order valence-electron chi connectivity index (χ2n) is 6.85. The van der Waals surface area contributed by atoms with Crippen LogP contribution in [-0.2, 0) is 0 Å². The van der Waals surface area contributed by atoms with Crippen molar-refractivity contribution in [2.45, 2.75) is 13.8 Å². The third kappa shape index (κ3) is 4.49. The smallest absolute Gasteiger partial charge is 0.231 e. The predicted octanol–water partition coefficient (Wildman–Crippen LogP) is 4.28. The van der Waals surface area contributed by atoms with Gasteiger partial charge in [0, 0.05) is 18.5 Å². The number of para-hydroxylation sites is 1. The molecule has 6 nitrogen and oxygen atoms in total. The molecule has 1 aromatic heterocycles. The zero-order valence-electron chi connectivity index (χ0n) is 16.9. The van der Waals surface area contributed by atoms with Gasteiger partial charge < -0.3 is 19.7 Å². The van der Waals surface area contributed by atoms with Crippen molar-refractivity contribution in [3.05, 3.63) is 53.9 Å². The van der Waals surface area contributed by atoms with Gasteiger partial charge in [-0.25, -0.2) is 9.97 Å². The zero-order chi connectivity index (χ0) is 20.1. The van der Waals surface area contributed by atoms with Crippen LogP contribution in [0.1, 0.15) is 25.2 Å². The average molecular weight is 390 g/mol. The minimum absolute atomic E-state index is 0.277. The third-order valence-electron chi connectivity index (χ3n) is 5.06. The van der Waals surface area contributed by atoms with Crippen LogP contribution in [0, 0.1) is 0 Å². The summed E-state index contributed by atoms with van der Waals surface area (Å²) in [7, 11) is 0. The van der Waals surface area contributed by atoms with E-state index >= 15 is 0 Å². The fraction of sp³-hybridized carbons (Fsp3) is 0.304. The van der Waals surface area contributed by atoms with Crippen LogP contribution in [0.5, 0.6) is 11.5 Å². The second kappa shape index (κ2) is 8.92. The Morgan fingerprint density at radius 2 is 1.83 bits per heavy atom. The first-order chi connectivity index (χ1) is 14.3. The Balaban J connectivity index is 1.56. The molecule has 0 unspecified atom stereocenters. The molecule has 3 aromatic rings. The van der Waals surface area contributed by atoms with E-state index in [0.29, 0.717) is 5.82 Å². The van der Waals surface area contributed by atoms with E-state index in [4.69, 9.17) is 19.4 Å². The Morgan fingerprint density at radius 1 is 1.00 bits per heavy atom. The van der Waals surface area contributed by atoms with Gasteiger partial charge in [-0.05, 0) is 49.0 Å². The number of hydrogen-bond donors (Lipinski definition) is 1. The topological polar surface area (TPSA) is 59.5 Å². The Hall–Kier alpha value is -3.12. The molecule has 0 amide bonds. The van der Waals surface area contributed by atoms with Crippen LogP contribution >= 0.6 is 0 Å². The van der Waals surface area contributed by atoms with Crippen molar-refractivity contribution >= 4 is 28.9 Å². The molecule has 29 heavy (non-hydrogen) atoms. The minimum atomic E-state index is 0.277. The quantitative estimate of drug-likeness (QED) is 0.619. The molecule has 2 heterocycles. The first-order valence-corrected chi connectivity index (χ1v) is 10.1. The van der Waals surface area contributed by atoms with Crippen molar-refractivity contribution in [2.24, 2.45) is 0 Å². The molecule has 1 N–H and O–H groups in total. The van der Waals surface area contributed by atoms with E-state index in [2.05, 4.69) is 30.1 Å². The van der Waals surface area contributed by atoms with Crippen molar-refractivity contribution in [2.75, 3.05) is 38.3 Å². The molecule has 4 rings (SSSR count). The summed E-state index contributed by atoms with van der Waals surface area (Å²) in [6, 6.07) is 14.0. The molecule has 6 heteroatoms. The SMILES string of the molecule is CCN(CC)CCNc1nc(/C=C/c2ccc3c(c2)OCO3)nc2ccccc12. The van der Waals surface area contributed by atoms with Crippen molar-refractivity contribution in [1.29, 1.82) is 0 Å². The number of ether oxygens (including phenoxy) is 2. The average Bonchev–Trinajstić information content (AvgIpc) is 3.23. The van der Waals surface area contributed by atoms with Crippen LogP contribution in [0.3, 0.4) is 0 Å². The van der Waals surface area contributed by atoms with Crippen LogP contribution < -0.4 is 14.8 Å². The number of aromatic nitrogens is 2. The van der Waals surface area contributed by atoms with Gasteiger partial charge >= 0.3 is 0 Å². The van der Waals surface area contributed by atoms with Gasteiger partial charge in [0.15, 0.2) is 17.3 Å². The van der Waals surface area contributed by atoms with E-state index in [1.807, 2.05) is 48.6 Å². The van der Waals surface area contributed by atoms with Crippen LogP contribution in [-0.4, -0.2) is 47.8 Å². The van der Waals surface area contributed by atoms with E-state index in [1.165, 1.54) is 0 Å². The zero-order valence-corrected chi connectivity index (χ0v) is 16.9. The minimum Gasteiger partial charge on any atom is -0.454 e. The van der Waals surface area contributed by atoms with E-state index < -0.39 is 0 Å². The lowest BCUT2D eigenvalue weighted by Crippen LogP contribution is -2.28. The van der Waals surface area contributed by atoms with Gasteiger partial charge in [-0.1, -0.05) is 38.1 Å². The second-order valence-corrected chi connectivity index (χ2v) is 6.85. The molecule has 0 saturated heterocycles. The van der Waals surface area contributed by atoms with Gasteiger partial charge in [0.25, 0.3) is 0 Å². The summed E-state index contributed by atoms with van der Waals surface area (Å²) in [6.07, 6.45) is 3.92. The lowest BCUT2D eigenvalue weighted by molar-refractivity contribution is 0.174. The first kappa shape index (κ1) is 19.2. The largest absolute Gasteiger partial charge is 0.454 e. The highest BCUT2D eigenvalue weighted by Gasteiger charge is 2.12. The third-order valence-corrected chi connectivity index (χ3v) is 5.06. The number of nitrogens with zero attached hydrogens (tertiary/aromatic N) is 3. The number of rotatable bonds is 8. The molecule has 0 fully saturated rings. The lowest BCUT2D eigenvalue weighted by atomic mass is 10.2. The summed E-state index contributed by atoms with van der Waals surface area (Å²) in [4.78, 5) is 11.8. The van der Waals surface area contributed by atoms with Crippen LogP contribution in [0.25, 0.3) is 23.1 Å². The number of benzene rings is 2. The van der Waals surface area contributed by atoms with E-state index in [1.54, 1.807) is 0 Å². The summed E-state index contributed by atoms with van der Waals surface area (Å²) in [5.74, 6) is 3.09. The molecule has 0 radical (unpaired) electrons. The number of nitrogens with one attached hydrogen (secondary N) is 1. The predicted molar refractivity (Wildman–Crippen MR) is 117 cm³/mol. The van der Waals surface area contributed by atoms with Gasteiger partial charge in [-0.2, -0.15) is 0 Å². The molecular formula is C23H26N4O2. The van der Waals surface area contributed by atoms with Gasteiger partial charge in [0.05, 0.1) is 5.52 Å². The monoisotopic (exact) mass is 390 g/mol. The molecule has 0 atom stereocenters. The fourth-order valence-corrected chi connectivity index (χ4v) is 3.36. The van der Waals surface area contributed by atoms with Crippen molar-refractivity contribution in [1.82, 2.24) is 14.9 Å². The van der Waals surface area contributed by atoms with Gasteiger partial charge in [-0.3, -0.25) is 0 Å². The van der Waals surface area contributed by atoms with Crippen molar-refractivity contribution < 1.29 is 9.47 Å². The molecule has 2 aromatic carbocycles. The molecular weight excluding hydrogens is 364 g/mol. The summed E-state index contributed by atoms with van der Waals surface area (Å²) >= 11 is 0. The highest BCUT2D eigenvalue weighted by molar-refractivity contribution is 5.90. The maximum absolute atomic E-state index is 5.45. The summed E-state index contributed by atoms with van der Waals surface area (Å²) in [5.41, 5.74) is 1.94. The molecule has 0 bridgehead atoms. The molecule has 1 aliphatic rings. The van der Waals surface area contributed by atoms with E-state index in [9.17, 15) is 0 Å². The normalized spacial score (nSPS) is 12.9. The maximum atomic E-state index is 5.45. The number of anilines is 1. The summed E-state index contributed by atoms with van der Waals surface area (Å²) in [6.45, 7) is 8.56. The number of likely N-dealkylation sites (N-methyl/N-ethyl adjacent to an activating group) is 1. The number of fused-ring (bicyclic) bond motifs is 2. The van der Waals surface area contributed by atoms with Gasteiger partial charge in [0.2, 0.25) is 6.79 Å². The summed E-state index contributed by atoms with van der Waals surface area (Å²) < 4.78 is 10.8. The molecule has 0 spiro atoms. The Kier molecular flexibility index (Phi) is 5.91. The molecule has 0 saturated carbocycles. The van der Waals surface area contributed by atoms with Gasteiger partial charge in [-0.15, -0.1) is 0 Å². The number of hydrogen-bond acceptors (Lipinski definition) is 6. The summed E-state index contributed by atoms with van der Waals surface area (Å²) in [5, 5.41) is 4.53. The van der Waals surface area contributed by atoms with Crippen molar-refractivity contribution in [3.63, 3.8) is 0 Å². The Morgan fingerprint density at radius 3 is 2.69 bits per heavy atom. The van der Waals surface area contributed by atoms with Crippen LogP contribution in [0.2, 0.25) is 0 Å². The van der Waals surface area contributed by atoms with Crippen molar-refractivity contribution in [3.8, 4) is 11.5 Å². The lowest BCUT2D eigenvalue weighted by Gasteiger charge is -2.18. The highest BCUT2D eigenvalue weighted by Crippen LogP contribution is 2.33. The van der Waals surface area contributed by atoms with Crippen LogP contribution in [0.4, 0.5) is 5.82 Å². The van der Waals surface area contributed by atoms with E-state index in [0.717, 1.165) is 60.0 Å².